The molecule has 0 bridgehead atoms. The number of hydrogen-bond donors (Lipinski definition) is 2. The molecule has 1 unspecified atom stereocenters. The third kappa shape index (κ3) is 3.25. The number of aliphatic hydroxyl groups is 1. The van der Waals surface area contributed by atoms with E-state index in [9.17, 15) is 8.78 Å². The zero-order valence-electron chi connectivity index (χ0n) is 9.50. The van der Waals surface area contributed by atoms with Crippen LogP contribution in [0.4, 0.5) is 8.78 Å². The van der Waals surface area contributed by atoms with Crippen LogP contribution < -0.4 is 5.32 Å². The van der Waals surface area contributed by atoms with Crippen molar-refractivity contribution < 1.29 is 13.9 Å². The van der Waals surface area contributed by atoms with E-state index < -0.39 is 11.6 Å². The third-order valence-electron chi connectivity index (χ3n) is 2.50. The molecule has 16 heavy (non-hydrogen) atoms. The monoisotopic (exact) mass is 229 g/mol. The SMILES string of the molecule is CCC(N[C@@H](C)CO)c1cc(F)ccc1F. The van der Waals surface area contributed by atoms with Gasteiger partial charge < -0.3 is 10.4 Å². The van der Waals surface area contributed by atoms with Gasteiger partial charge in [-0.25, -0.2) is 8.78 Å². The van der Waals surface area contributed by atoms with Crippen molar-refractivity contribution in [3.8, 4) is 0 Å². The lowest BCUT2D eigenvalue weighted by atomic mass is 10.0. The number of benzene rings is 1. The Morgan fingerprint density at radius 3 is 2.62 bits per heavy atom. The number of hydrogen-bond acceptors (Lipinski definition) is 2. The molecule has 1 aromatic carbocycles. The van der Waals surface area contributed by atoms with Gasteiger partial charge in [-0.2, -0.15) is 0 Å². The van der Waals surface area contributed by atoms with Gasteiger partial charge in [-0.3, -0.25) is 0 Å². The van der Waals surface area contributed by atoms with Crippen LogP contribution in [-0.4, -0.2) is 17.8 Å². The summed E-state index contributed by atoms with van der Waals surface area (Å²) in [4.78, 5) is 0. The lowest BCUT2D eigenvalue weighted by Crippen LogP contribution is -2.33. The second-order valence-corrected chi connectivity index (χ2v) is 3.88. The molecule has 2 atom stereocenters. The molecule has 0 saturated heterocycles. The fourth-order valence-electron chi connectivity index (χ4n) is 1.61. The van der Waals surface area contributed by atoms with Crippen molar-refractivity contribution in [3.63, 3.8) is 0 Å². The Labute approximate surface area is 94.3 Å². The second-order valence-electron chi connectivity index (χ2n) is 3.88. The predicted molar refractivity (Wildman–Crippen MR) is 59.1 cm³/mol. The highest BCUT2D eigenvalue weighted by molar-refractivity contribution is 5.22. The van der Waals surface area contributed by atoms with Gasteiger partial charge in [-0.1, -0.05) is 6.92 Å². The van der Waals surface area contributed by atoms with Crippen molar-refractivity contribution in [2.24, 2.45) is 0 Å². The van der Waals surface area contributed by atoms with Crippen LogP contribution >= 0.6 is 0 Å². The van der Waals surface area contributed by atoms with Gasteiger partial charge in [0, 0.05) is 17.6 Å². The van der Waals surface area contributed by atoms with Gasteiger partial charge in [0.05, 0.1) is 6.61 Å². The first kappa shape index (κ1) is 13.1. The van der Waals surface area contributed by atoms with E-state index in [1.54, 1.807) is 6.92 Å². The van der Waals surface area contributed by atoms with Crippen LogP contribution in [0, 0.1) is 11.6 Å². The zero-order chi connectivity index (χ0) is 12.1. The summed E-state index contributed by atoms with van der Waals surface area (Å²) >= 11 is 0. The number of halogens is 2. The lowest BCUT2D eigenvalue weighted by Gasteiger charge is -2.21. The summed E-state index contributed by atoms with van der Waals surface area (Å²) < 4.78 is 26.5. The third-order valence-corrected chi connectivity index (χ3v) is 2.50. The van der Waals surface area contributed by atoms with E-state index in [0.717, 1.165) is 12.1 Å². The molecule has 0 aliphatic rings. The summed E-state index contributed by atoms with van der Waals surface area (Å²) in [6.45, 7) is 3.64. The van der Waals surface area contributed by atoms with Gasteiger partial charge in [0.1, 0.15) is 11.6 Å². The molecule has 0 aliphatic heterocycles. The Kier molecular flexibility index (Phi) is 4.83. The summed E-state index contributed by atoms with van der Waals surface area (Å²) in [7, 11) is 0. The van der Waals surface area contributed by atoms with Crippen LogP contribution in [0.25, 0.3) is 0 Å². The predicted octanol–water partition coefficient (Wildman–Crippen LogP) is 2.39. The summed E-state index contributed by atoms with van der Waals surface area (Å²) in [5.41, 5.74) is 0.308. The van der Waals surface area contributed by atoms with Crippen molar-refractivity contribution in [3.05, 3.63) is 35.4 Å². The summed E-state index contributed by atoms with van der Waals surface area (Å²) in [5.74, 6) is -0.876. The molecule has 0 saturated carbocycles. The Balaban J connectivity index is 2.89. The van der Waals surface area contributed by atoms with Crippen LogP contribution in [0.3, 0.4) is 0 Å². The largest absolute Gasteiger partial charge is 0.395 e. The van der Waals surface area contributed by atoms with Crippen LogP contribution in [0.15, 0.2) is 18.2 Å². The number of aliphatic hydroxyl groups excluding tert-OH is 1. The molecule has 2 N–H and O–H groups in total. The summed E-state index contributed by atoms with van der Waals surface area (Å²) in [6.07, 6.45) is 0.630. The minimum Gasteiger partial charge on any atom is -0.395 e. The van der Waals surface area contributed by atoms with Gasteiger partial charge in [0.2, 0.25) is 0 Å². The molecule has 90 valence electrons. The highest BCUT2D eigenvalue weighted by Crippen LogP contribution is 2.21. The van der Waals surface area contributed by atoms with Crippen LogP contribution in [0.1, 0.15) is 31.9 Å². The van der Waals surface area contributed by atoms with E-state index in [4.69, 9.17) is 5.11 Å². The molecule has 4 heteroatoms. The highest BCUT2D eigenvalue weighted by atomic mass is 19.1. The molecule has 1 rings (SSSR count). The maximum absolute atomic E-state index is 13.5. The minimum absolute atomic E-state index is 0.0343. The zero-order valence-corrected chi connectivity index (χ0v) is 9.50. The molecule has 0 aliphatic carbocycles. The normalized spacial score (nSPS) is 14.8. The first-order valence-electron chi connectivity index (χ1n) is 5.40. The van der Waals surface area contributed by atoms with Gasteiger partial charge in [0.15, 0.2) is 0 Å². The molecule has 0 heterocycles. The highest BCUT2D eigenvalue weighted by Gasteiger charge is 2.16. The van der Waals surface area contributed by atoms with E-state index in [1.165, 1.54) is 6.07 Å². The average Bonchev–Trinajstić information content (AvgIpc) is 2.29. The topological polar surface area (TPSA) is 32.3 Å². The van der Waals surface area contributed by atoms with Crippen LogP contribution in [0.5, 0.6) is 0 Å². The van der Waals surface area contributed by atoms with E-state index in [0.29, 0.717) is 12.0 Å². The Hall–Kier alpha value is -1.00. The molecular formula is C12H17F2NO. The van der Waals surface area contributed by atoms with Crippen molar-refractivity contribution in [2.75, 3.05) is 6.61 Å². The molecule has 0 spiro atoms. The first-order valence-corrected chi connectivity index (χ1v) is 5.40. The van der Waals surface area contributed by atoms with Crippen LogP contribution in [-0.2, 0) is 0 Å². The molecule has 2 nitrogen and oxygen atoms in total. The fraction of sp³-hybridized carbons (Fsp3) is 0.500. The van der Waals surface area contributed by atoms with Gasteiger partial charge >= 0.3 is 0 Å². The van der Waals surface area contributed by atoms with Crippen molar-refractivity contribution in [2.45, 2.75) is 32.4 Å². The van der Waals surface area contributed by atoms with E-state index in [1.807, 2.05) is 6.92 Å². The molecule has 1 aromatic rings. The lowest BCUT2D eigenvalue weighted by molar-refractivity contribution is 0.238. The van der Waals surface area contributed by atoms with E-state index in [-0.39, 0.29) is 18.7 Å². The molecular weight excluding hydrogens is 212 g/mol. The van der Waals surface area contributed by atoms with Crippen molar-refractivity contribution in [1.82, 2.24) is 5.32 Å². The quantitative estimate of drug-likeness (QED) is 0.812. The minimum atomic E-state index is -0.451. The van der Waals surface area contributed by atoms with Crippen molar-refractivity contribution >= 4 is 0 Å². The Morgan fingerprint density at radius 1 is 1.38 bits per heavy atom. The molecule has 0 aromatic heterocycles. The summed E-state index contributed by atoms with van der Waals surface area (Å²) in [5, 5.41) is 12.0. The number of rotatable bonds is 5. The maximum atomic E-state index is 13.5. The molecule has 0 fully saturated rings. The molecule has 0 radical (unpaired) electrons. The second kappa shape index (κ2) is 5.92. The van der Waals surface area contributed by atoms with E-state index >= 15 is 0 Å². The standard InChI is InChI=1S/C12H17F2NO/c1-3-12(15-8(2)7-16)10-6-9(13)4-5-11(10)14/h4-6,8,12,15-16H,3,7H2,1-2H3/t8-,12?/m0/s1. The van der Waals surface area contributed by atoms with E-state index in [2.05, 4.69) is 5.32 Å². The van der Waals surface area contributed by atoms with Gasteiger partial charge in [0.25, 0.3) is 0 Å². The molecule has 0 amide bonds. The van der Waals surface area contributed by atoms with Gasteiger partial charge in [-0.15, -0.1) is 0 Å². The van der Waals surface area contributed by atoms with Crippen molar-refractivity contribution in [1.29, 1.82) is 0 Å². The maximum Gasteiger partial charge on any atom is 0.128 e. The van der Waals surface area contributed by atoms with Crippen LogP contribution in [0.2, 0.25) is 0 Å². The van der Waals surface area contributed by atoms with Gasteiger partial charge in [-0.05, 0) is 31.5 Å². The average molecular weight is 229 g/mol. The first-order chi connectivity index (χ1) is 7.58. The Morgan fingerprint density at radius 2 is 2.06 bits per heavy atom. The fourth-order valence-corrected chi connectivity index (χ4v) is 1.61. The summed E-state index contributed by atoms with van der Waals surface area (Å²) in [6, 6.07) is 2.99. The Bertz CT molecular complexity index is 344. The smallest absolute Gasteiger partial charge is 0.128 e. The number of nitrogens with one attached hydrogen (secondary N) is 1.